The van der Waals surface area contributed by atoms with E-state index in [-0.39, 0.29) is 27.4 Å². The van der Waals surface area contributed by atoms with E-state index in [0.29, 0.717) is 5.69 Å². The summed E-state index contributed by atoms with van der Waals surface area (Å²) in [6.07, 6.45) is 0. The molecule has 0 aliphatic carbocycles. The highest BCUT2D eigenvalue weighted by Gasteiger charge is 2.21. The van der Waals surface area contributed by atoms with Crippen LogP contribution in [0.2, 0.25) is 5.02 Å². The highest BCUT2D eigenvalue weighted by atomic mass is 35.5. The largest absolute Gasteiger partial charge is 0.346 e. The Labute approximate surface area is 188 Å². The molecular weight excluding hydrogens is 432 g/mol. The van der Waals surface area contributed by atoms with E-state index >= 15 is 0 Å². The van der Waals surface area contributed by atoms with E-state index in [1.54, 1.807) is 18.2 Å². The Morgan fingerprint density at radius 3 is 2.32 bits per heavy atom. The zero-order valence-electron chi connectivity index (χ0n) is 17.9. The van der Waals surface area contributed by atoms with Gasteiger partial charge in [-0.15, -0.1) is 0 Å². The lowest BCUT2D eigenvalue weighted by Gasteiger charge is -2.18. The molecule has 0 bridgehead atoms. The minimum absolute atomic E-state index is 0.0409. The fourth-order valence-corrected chi connectivity index (χ4v) is 5.01. The van der Waals surface area contributed by atoms with Crippen molar-refractivity contribution in [1.82, 2.24) is 5.32 Å². The lowest BCUT2D eigenvalue weighted by Crippen LogP contribution is -2.27. The molecule has 0 saturated heterocycles. The highest BCUT2D eigenvalue weighted by molar-refractivity contribution is 7.92. The molecule has 0 aliphatic heterocycles. The third-order valence-corrected chi connectivity index (χ3v) is 6.86. The number of anilines is 1. The summed E-state index contributed by atoms with van der Waals surface area (Å²) in [4.78, 5) is 12.7. The molecule has 0 fully saturated rings. The lowest BCUT2D eigenvalue weighted by atomic mass is 10.00. The van der Waals surface area contributed by atoms with Gasteiger partial charge in [0.1, 0.15) is 4.90 Å². The molecule has 0 heterocycles. The van der Waals surface area contributed by atoms with Gasteiger partial charge in [-0.2, -0.15) is 0 Å². The van der Waals surface area contributed by atoms with E-state index in [2.05, 4.69) is 16.1 Å². The van der Waals surface area contributed by atoms with Gasteiger partial charge in [0.15, 0.2) is 0 Å². The second kappa shape index (κ2) is 9.12. The Kier molecular flexibility index (Phi) is 6.72. The quantitative estimate of drug-likeness (QED) is 0.510. The smallest absolute Gasteiger partial charge is 0.263 e. The van der Waals surface area contributed by atoms with E-state index in [0.717, 1.165) is 22.3 Å². The molecule has 0 spiro atoms. The van der Waals surface area contributed by atoms with Crippen LogP contribution in [-0.4, -0.2) is 14.3 Å². The Bertz CT molecular complexity index is 1240. The van der Waals surface area contributed by atoms with Crippen molar-refractivity contribution in [2.45, 2.75) is 38.6 Å². The molecule has 7 heteroatoms. The fourth-order valence-electron chi connectivity index (χ4n) is 3.44. The first-order valence-electron chi connectivity index (χ1n) is 9.84. The van der Waals surface area contributed by atoms with Crippen LogP contribution in [-0.2, 0) is 10.0 Å². The third-order valence-electron chi connectivity index (χ3n) is 4.99. The summed E-state index contributed by atoms with van der Waals surface area (Å²) in [5.74, 6) is -0.379. The maximum absolute atomic E-state index is 12.9. The van der Waals surface area contributed by atoms with Crippen LogP contribution in [0, 0.1) is 20.8 Å². The second-order valence-electron chi connectivity index (χ2n) is 7.68. The molecule has 5 nitrogen and oxygen atoms in total. The summed E-state index contributed by atoms with van der Waals surface area (Å²) < 4.78 is 28.3. The first-order chi connectivity index (χ1) is 14.6. The van der Waals surface area contributed by atoms with E-state index in [1.807, 2.05) is 45.9 Å². The highest BCUT2D eigenvalue weighted by Crippen LogP contribution is 2.26. The van der Waals surface area contributed by atoms with Gasteiger partial charge in [-0.05, 0) is 74.7 Å². The Hall–Kier alpha value is -2.83. The fraction of sp³-hybridized carbons (Fsp3) is 0.208. The first-order valence-corrected chi connectivity index (χ1v) is 11.7. The number of rotatable bonds is 6. The molecule has 0 aliphatic rings. The SMILES string of the molecule is Cc1cccc(NS(=O)(=O)c2cc(C(=O)N[C@@H](C)c3ccc(C)cc3C)ccc2Cl)c1. The lowest BCUT2D eigenvalue weighted by molar-refractivity contribution is 0.0939. The normalized spacial score (nSPS) is 12.3. The molecule has 0 radical (unpaired) electrons. The molecule has 0 aromatic heterocycles. The minimum atomic E-state index is -3.97. The van der Waals surface area contributed by atoms with E-state index in [9.17, 15) is 13.2 Å². The summed E-state index contributed by atoms with van der Waals surface area (Å²) in [5, 5.41) is 2.97. The number of amides is 1. The molecule has 3 rings (SSSR count). The predicted molar refractivity (Wildman–Crippen MR) is 125 cm³/mol. The van der Waals surface area contributed by atoms with Gasteiger partial charge in [0.25, 0.3) is 15.9 Å². The number of sulfonamides is 1. The summed E-state index contributed by atoms with van der Waals surface area (Å²) in [5.41, 5.74) is 4.78. The van der Waals surface area contributed by atoms with Crippen molar-refractivity contribution in [1.29, 1.82) is 0 Å². The number of benzene rings is 3. The van der Waals surface area contributed by atoms with Crippen LogP contribution in [0.5, 0.6) is 0 Å². The van der Waals surface area contributed by atoms with Crippen molar-refractivity contribution in [3.63, 3.8) is 0 Å². The molecule has 1 atom stereocenters. The Morgan fingerprint density at radius 1 is 0.935 bits per heavy atom. The van der Waals surface area contributed by atoms with Crippen LogP contribution in [0.15, 0.2) is 65.6 Å². The number of aryl methyl sites for hydroxylation is 3. The van der Waals surface area contributed by atoms with Gasteiger partial charge in [-0.25, -0.2) is 8.42 Å². The van der Waals surface area contributed by atoms with Crippen LogP contribution in [0.4, 0.5) is 5.69 Å². The maximum Gasteiger partial charge on any atom is 0.263 e. The number of hydrogen-bond acceptors (Lipinski definition) is 3. The zero-order valence-corrected chi connectivity index (χ0v) is 19.4. The molecular formula is C24H25ClN2O3S. The predicted octanol–water partition coefficient (Wildman–Crippen LogP) is 5.56. The number of carbonyl (C=O) groups is 1. The first kappa shape index (κ1) is 22.8. The molecule has 0 saturated carbocycles. The minimum Gasteiger partial charge on any atom is -0.346 e. The number of carbonyl (C=O) groups excluding carboxylic acids is 1. The van der Waals surface area contributed by atoms with Crippen molar-refractivity contribution in [3.05, 3.63) is 93.5 Å². The van der Waals surface area contributed by atoms with Gasteiger partial charge >= 0.3 is 0 Å². The molecule has 162 valence electrons. The van der Waals surface area contributed by atoms with Gasteiger partial charge in [0, 0.05) is 11.3 Å². The molecule has 1 amide bonds. The summed E-state index contributed by atoms with van der Waals surface area (Å²) >= 11 is 6.17. The average molecular weight is 457 g/mol. The molecule has 0 unspecified atom stereocenters. The molecule has 3 aromatic rings. The van der Waals surface area contributed by atoms with Crippen LogP contribution >= 0.6 is 11.6 Å². The van der Waals surface area contributed by atoms with Gasteiger partial charge in [-0.1, -0.05) is 47.5 Å². The van der Waals surface area contributed by atoms with Crippen molar-refractivity contribution in [3.8, 4) is 0 Å². The topological polar surface area (TPSA) is 75.3 Å². The molecule has 3 aromatic carbocycles. The number of halogens is 1. The van der Waals surface area contributed by atoms with E-state index in [4.69, 9.17) is 11.6 Å². The van der Waals surface area contributed by atoms with Crippen molar-refractivity contribution in [2.24, 2.45) is 0 Å². The molecule has 2 N–H and O–H groups in total. The van der Waals surface area contributed by atoms with Gasteiger partial charge in [0.05, 0.1) is 11.1 Å². The van der Waals surface area contributed by atoms with Crippen molar-refractivity contribution < 1.29 is 13.2 Å². The summed E-state index contributed by atoms with van der Waals surface area (Å²) in [6.45, 7) is 7.77. The second-order valence-corrected chi connectivity index (χ2v) is 9.73. The standard InChI is InChI=1S/C24H25ClN2O3S/c1-15-6-5-7-20(13-15)27-31(29,30)23-14-19(9-11-22(23)25)24(28)26-18(4)21-10-8-16(2)12-17(21)3/h5-14,18,27H,1-4H3,(H,26,28)/t18-/m0/s1. The number of hydrogen-bond donors (Lipinski definition) is 2. The Balaban J connectivity index is 1.85. The van der Waals surface area contributed by atoms with Gasteiger partial charge in [0.2, 0.25) is 0 Å². The van der Waals surface area contributed by atoms with Gasteiger partial charge in [-0.3, -0.25) is 9.52 Å². The van der Waals surface area contributed by atoms with Crippen LogP contribution < -0.4 is 10.0 Å². The van der Waals surface area contributed by atoms with Crippen molar-refractivity contribution >= 4 is 33.2 Å². The maximum atomic E-state index is 12.9. The van der Waals surface area contributed by atoms with E-state index in [1.165, 1.54) is 18.2 Å². The van der Waals surface area contributed by atoms with Crippen LogP contribution in [0.3, 0.4) is 0 Å². The van der Waals surface area contributed by atoms with E-state index < -0.39 is 10.0 Å². The zero-order chi connectivity index (χ0) is 22.8. The number of nitrogens with one attached hydrogen (secondary N) is 2. The van der Waals surface area contributed by atoms with Crippen LogP contribution in [0.1, 0.15) is 45.6 Å². The summed E-state index contributed by atoms with van der Waals surface area (Å²) in [7, 11) is -3.97. The summed E-state index contributed by atoms with van der Waals surface area (Å²) in [6, 6.07) is 17.0. The monoisotopic (exact) mass is 456 g/mol. The third kappa shape index (κ3) is 5.46. The Morgan fingerprint density at radius 2 is 1.65 bits per heavy atom. The van der Waals surface area contributed by atoms with Crippen molar-refractivity contribution in [2.75, 3.05) is 4.72 Å². The van der Waals surface area contributed by atoms with Gasteiger partial charge < -0.3 is 5.32 Å². The van der Waals surface area contributed by atoms with Crippen LogP contribution in [0.25, 0.3) is 0 Å². The molecule has 31 heavy (non-hydrogen) atoms. The average Bonchev–Trinajstić information content (AvgIpc) is 2.67.